The molecule has 3 nitrogen and oxygen atoms in total. The fourth-order valence-corrected chi connectivity index (χ4v) is 1.71. The van der Waals surface area contributed by atoms with Crippen molar-refractivity contribution in [2.24, 2.45) is 0 Å². The summed E-state index contributed by atoms with van der Waals surface area (Å²) in [5.41, 5.74) is 1.02. The number of rotatable bonds is 1. The van der Waals surface area contributed by atoms with E-state index in [4.69, 9.17) is 9.84 Å². The number of hydrogen-bond acceptors (Lipinski definition) is 2. The molecule has 14 heavy (non-hydrogen) atoms. The SMILES string of the molecule is Cc1ccc2c(c1)CC(C)(C(=O)O)O2. The Balaban J connectivity index is 2.39. The Kier molecular flexibility index (Phi) is 1.77. The smallest absolute Gasteiger partial charge is 0.348 e. The number of benzene rings is 1. The second-order valence-electron chi connectivity index (χ2n) is 3.93. The van der Waals surface area contributed by atoms with Gasteiger partial charge in [0, 0.05) is 6.42 Å². The monoisotopic (exact) mass is 192 g/mol. The molecule has 0 aliphatic carbocycles. The summed E-state index contributed by atoms with van der Waals surface area (Å²) >= 11 is 0. The van der Waals surface area contributed by atoms with Crippen LogP contribution in [-0.2, 0) is 11.2 Å². The quantitative estimate of drug-likeness (QED) is 0.737. The molecule has 1 aliphatic heterocycles. The first-order valence-corrected chi connectivity index (χ1v) is 4.53. The summed E-state index contributed by atoms with van der Waals surface area (Å²) in [5, 5.41) is 8.99. The van der Waals surface area contributed by atoms with Crippen LogP contribution in [0.4, 0.5) is 0 Å². The molecule has 1 N–H and O–H groups in total. The zero-order valence-corrected chi connectivity index (χ0v) is 8.20. The van der Waals surface area contributed by atoms with Crippen LogP contribution in [0.2, 0.25) is 0 Å². The Morgan fingerprint density at radius 3 is 2.93 bits per heavy atom. The number of carboxylic acid groups (broad SMARTS) is 1. The Hall–Kier alpha value is -1.51. The van der Waals surface area contributed by atoms with Gasteiger partial charge in [-0.3, -0.25) is 0 Å². The minimum absolute atomic E-state index is 0.444. The minimum atomic E-state index is -1.09. The van der Waals surface area contributed by atoms with Crippen LogP contribution in [-0.4, -0.2) is 16.7 Å². The molecule has 1 atom stereocenters. The van der Waals surface area contributed by atoms with Gasteiger partial charge < -0.3 is 9.84 Å². The molecule has 0 aromatic heterocycles. The van der Waals surface area contributed by atoms with Crippen LogP contribution in [0.15, 0.2) is 18.2 Å². The lowest BCUT2D eigenvalue weighted by atomic mass is 9.99. The van der Waals surface area contributed by atoms with E-state index >= 15 is 0 Å². The molecule has 1 aromatic carbocycles. The summed E-state index contributed by atoms with van der Waals surface area (Å²) in [4.78, 5) is 11.0. The van der Waals surface area contributed by atoms with Gasteiger partial charge in [0.1, 0.15) is 5.75 Å². The van der Waals surface area contributed by atoms with Crippen molar-refractivity contribution in [3.05, 3.63) is 29.3 Å². The van der Waals surface area contributed by atoms with Crippen LogP contribution in [0.1, 0.15) is 18.1 Å². The summed E-state index contributed by atoms with van der Waals surface area (Å²) < 4.78 is 5.41. The van der Waals surface area contributed by atoms with E-state index in [0.717, 1.165) is 11.1 Å². The van der Waals surface area contributed by atoms with Crippen molar-refractivity contribution >= 4 is 5.97 Å². The van der Waals surface area contributed by atoms with Gasteiger partial charge in [-0.25, -0.2) is 4.79 Å². The highest BCUT2D eigenvalue weighted by Gasteiger charge is 2.41. The zero-order valence-electron chi connectivity index (χ0n) is 8.20. The van der Waals surface area contributed by atoms with E-state index in [1.807, 2.05) is 25.1 Å². The predicted octanol–water partition coefficient (Wildman–Crippen LogP) is 1.77. The number of aliphatic carboxylic acids is 1. The standard InChI is InChI=1S/C11H12O3/c1-7-3-4-9-8(5-7)6-11(2,14-9)10(12)13/h3-5H,6H2,1-2H3,(H,12,13). The van der Waals surface area contributed by atoms with Crippen LogP contribution in [0.25, 0.3) is 0 Å². The molecule has 1 heterocycles. The summed E-state index contributed by atoms with van der Waals surface area (Å²) in [6.45, 7) is 3.58. The Labute approximate surface area is 82.3 Å². The van der Waals surface area contributed by atoms with E-state index in [0.29, 0.717) is 12.2 Å². The molecule has 0 saturated heterocycles. The highest BCUT2D eigenvalue weighted by molar-refractivity contribution is 5.79. The third kappa shape index (κ3) is 1.25. The highest BCUT2D eigenvalue weighted by Crippen LogP contribution is 2.35. The maximum atomic E-state index is 11.0. The van der Waals surface area contributed by atoms with Crippen molar-refractivity contribution in [2.45, 2.75) is 25.9 Å². The van der Waals surface area contributed by atoms with Gasteiger partial charge in [0.15, 0.2) is 0 Å². The summed E-state index contributed by atoms with van der Waals surface area (Å²) in [7, 11) is 0. The number of aryl methyl sites for hydroxylation is 1. The minimum Gasteiger partial charge on any atom is -0.478 e. The number of carbonyl (C=O) groups is 1. The van der Waals surface area contributed by atoms with Crippen molar-refractivity contribution < 1.29 is 14.6 Å². The van der Waals surface area contributed by atoms with Gasteiger partial charge in [-0.05, 0) is 25.5 Å². The molecule has 0 amide bonds. The van der Waals surface area contributed by atoms with E-state index in [1.165, 1.54) is 0 Å². The Bertz CT molecular complexity index is 398. The van der Waals surface area contributed by atoms with E-state index in [2.05, 4.69) is 0 Å². The van der Waals surface area contributed by atoms with Gasteiger partial charge in [0.25, 0.3) is 0 Å². The molecule has 0 spiro atoms. The third-order valence-electron chi connectivity index (χ3n) is 2.53. The average Bonchev–Trinajstić information content (AvgIpc) is 2.42. The van der Waals surface area contributed by atoms with Crippen molar-refractivity contribution in [2.75, 3.05) is 0 Å². The summed E-state index contributed by atoms with van der Waals surface area (Å²) in [5.74, 6) is -0.216. The van der Waals surface area contributed by atoms with Gasteiger partial charge in [0.05, 0.1) is 0 Å². The number of carboxylic acids is 1. The van der Waals surface area contributed by atoms with Crippen LogP contribution < -0.4 is 4.74 Å². The number of hydrogen-bond donors (Lipinski definition) is 1. The molecule has 0 fully saturated rings. The fraction of sp³-hybridized carbons (Fsp3) is 0.364. The lowest BCUT2D eigenvalue weighted by Gasteiger charge is -2.17. The first kappa shape index (κ1) is 9.06. The molecule has 0 saturated carbocycles. The fourth-order valence-electron chi connectivity index (χ4n) is 1.71. The highest BCUT2D eigenvalue weighted by atomic mass is 16.5. The van der Waals surface area contributed by atoms with Gasteiger partial charge in [-0.2, -0.15) is 0 Å². The number of ether oxygens (including phenoxy) is 1. The molecule has 74 valence electrons. The molecule has 2 rings (SSSR count). The lowest BCUT2D eigenvalue weighted by Crippen LogP contribution is -2.39. The van der Waals surface area contributed by atoms with Crippen LogP contribution in [0.5, 0.6) is 5.75 Å². The molecule has 1 aliphatic rings. The van der Waals surface area contributed by atoms with Crippen LogP contribution in [0, 0.1) is 6.92 Å². The van der Waals surface area contributed by atoms with Gasteiger partial charge >= 0.3 is 5.97 Å². The topological polar surface area (TPSA) is 46.5 Å². The largest absolute Gasteiger partial charge is 0.478 e. The maximum Gasteiger partial charge on any atom is 0.348 e. The second kappa shape index (κ2) is 2.74. The van der Waals surface area contributed by atoms with E-state index < -0.39 is 11.6 Å². The van der Waals surface area contributed by atoms with Crippen LogP contribution in [0.3, 0.4) is 0 Å². The summed E-state index contributed by atoms with van der Waals surface area (Å²) in [6.07, 6.45) is 0.444. The first-order valence-electron chi connectivity index (χ1n) is 4.53. The van der Waals surface area contributed by atoms with E-state index in [9.17, 15) is 4.79 Å². The van der Waals surface area contributed by atoms with E-state index in [1.54, 1.807) is 6.92 Å². The molecule has 0 radical (unpaired) electrons. The normalized spacial score (nSPS) is 24.1. The van der Waals surface area contributed by atoms with Crippen LogP contribution >= 0.6 is 0 Å². The van der Waals surface area contributed by atoms with E-state index in [-0.39, 0.29) is 0 Å². The molecule has 1 unspecified atom stereocenters. The number of fused-ring (bicyclic) bond motifs is 1. The second-order valence-corrected chi connectivity index (χ2v) is 3.93. The summed E-state index contributed by atoms with van der Waals surface area (Å²) in [6, 6.07) is 5.73. The molecular weight excluding hydrogens is 180 g/mol. The Morgan fingerprint density at radius 2 is 2.29 bits per heavy atom. The molecule has 1 aromatic rings. The third-order valence-corrected chi connectivity index (χ3v) is 2.53. The molecule has 3 heteroatoms. The maximum absolute atomic E-state index is 11.0. The molecule has 0 bridgehead atoms. The first-order chi connectivity index (χ1) is 6.51. The van der Waals surface area contributed by atoms with Gasteiger partial charge in [0.2, 0.25) is 5.60 Å². The zero-order chi connectivity index (χ0) is 10.3. The Morgan fingerprint density at radius 1 is 1.57 bits per heavy atom. The molecular formula is C11H12O3. The average molecular weight is 192 g/mol. The predicted molar refractivity (Wildman–Crippen MR) is 51.6 cm³/mol. The van der Waals surface area contributed by atoms with Crippen molar-refractivity contribution in [1.29, 1.82) is 0 Å². The van der Waals surface area contributed by atoms with Crippen molar-refractivity contribution in [3.8, 4) is 5.75 Å². The lowest BCUT2D eigenvalue weighted by molar-refractivity contribution is -0.152. The van der Waals surface area contributed by atoms with Crippen molar-refractivity contribution in [3.63, 3.8) is 0 Å². The van der Waals surface area contributed by atoms with Gasteiger partial charge in [-0.15, -0.1) is 0 Å². The van der Waals surface area contributed by atoms with Gasteiger partial charge in [-0.1, -0.05) is 17.7 Å². The van der Waals surface area contributed by atoms with Crippen molar-refractivity contribution in [1.82, 2.24) is 0 Å².